The number of hydrogen-bond acceptors (Lipinski definition) is 8. The predicted molar refractivity (Wildman–Crippen MR) is 150 cm³/mol. The third kappa shape index (κ3) is 13.4. The van der Waals surface area contributed by atoms with Gasteiger partial charge in [-0.05, 0) is 50.8 Å². The Kier molecular flexibility index (Phi) is 13.8. The number of nitrogens with one attached hydrogen (secondary N) is 4. The molecule has 218 valence electrons. The third-order valence-electron chi connectivity index (χ3n) is 5.25. The zero-order valence-corrected chi connectivity index (χ0v) is 24.8. The largest absolute Gasteiger partial charge is 0.497 e. The van der Waals surface area contributed by atoms with Gasteiger partial charge in [0.15, 0.2) is 5.12 Å². The molecule has 3 atom stereocenters. The number of hydrogen-bond donors (Lipinski definition) is 4. The Morgan fingerprint density at radius 1 is 0.923 bits per heavy atom. The van der Waals surface area contributed by atoms with Crippen molar-refractivity contribution in [3.8, 4) is 5.75 Å². The lowest BCUT2D eigenvalue weighted by molar-refractivity contribution is -0.132. The zero-order valence-electron chi connectivity index (χ0n) is 24.0. The molecule has 4 N–H and O–H groups in total. The Morgan fingerprint density at radius 3 is 2.00 bits per heavy atom. The highest BCUT2D eigenvalue weighted by molar-refractivity contribution is 8.14. The van der Waals surface area contributed by atoms with E-state index in [0.717, 1.165) is 17.3 Å². The molecule has 0 aromatic heterocycles. The Balaban J connectivity index is 3.02. The minimum absolute atomic E-state index is 0.0277. The van der Waals surface area contributed by atoms with E-state index in [1.54, 1.807) is 52.1 Å². The molecular weight excluding hydrogens is 524 g/mol. The van der Waals surface area contributed by atoms with Crippen molar-refractivity contribution in [1.29, 1.82) is 0 Å². The van der Waals surface area contributed by atoms with Crippen molar-refractivity contribution in [1.82, 2.24) is 21.3 Å². The highest BCUT2D eigenvalue weighted by atomic mass is 32.2. The number of likely N-dealkylation sites (N-methyl/N-ethyl adjacent to an activating group) is 1. The molecule has 0 radical (unpaired) electrons. The second-order valence-electron chi connectivity index (χ2n) is 10.4. The number of alkyl carbamates (subject to hydrolysis) is 1. The summed E-state index contributed by atoms with van der Waals surface area (Å²) in [4.78, 5) is 62.9. The summed E-state index contributed by atoms with van der Waals surface area (Å²) in [6, 6.07) is 5.26. The molecule has 0 spiro atoms. The normalized spacial score (nSPS) is 13.5. The first-order valence-corrected chi connectivity index (χ1v) is 13.6. The average Bonchev–Trinajstić information content (AvgIpc) is 2.83. The maximum Gasteiger partial charge on any atom is 0.407 e. The third-order valence-corrected chi connectivity index (χ3v) is 6.25. The molecule has 0 saturated heterocycles. The smallest absolute Gasteiger partial charge is 0.407 e. The fourth-order valence-corrected chi connectivity index (χ4v) is 4.24. The van der Waals surface area contributed by atoms with Gasteiger partial charge in [0.05, 0.1) is 7.11 Å². The molecule has 0 bridgehead atoms. The fraction of sp³-hybridized carbons (Fsp3) is 0.593. The van der Waals surface area contributed by atoms with E-state index in [4.69, 9.17) is 9.47 Å². The minimum atomic E-state index is -0.994. The summed E-state index contributed by atoms with van der Waals surface area (Å²) in [7, 11) is 3.03. The summed E-state index contributed by atoms with van der Waals surface area (Å²) in [5, 5.41) is 9.19. The van der Waals surface area contributed by atoms with E-state index >= 15 is 0 Å². The van der Waals surface area contributed by atoms with Crippen molar-refractivity contribution >= 4 is 40.7 Å². The van der Waals surface area contributed by atoms with Gasteiger partial charge in [-0.2, -0.15) is 0 Å². The van der Waals surface area contributed by atoms with Gasteiger partial charge >= 0.3 is 6.09 Å². The van der Waals surface area contributed by atoms with Gasteiger partial charge in [0, 0.05) is 26.9 Å². The van der Waals surface area contributed by atoms with E-state index < -0.39 is 40.8 Å². The lowest BCUT2D eigenvalue weighted by Crippen LogP contribution is -2.56. The summed E-state index contributed by atoms with van der Waals surface area (Å²) in [6.07, 6.45) is -0.217. The molecule has 0 saturated carbocycles. The van der Waals surface area contributed by atoms with Gasteiger partial charge in [0.25, 0.3) is 0 Å². The standard InChI is InChI=1S/C27H42N4O7S/c1-16(2)13-20(31-25(35)22(39-17(3)32)15-29-26(36)38-27(4,5)6)24(34)30-21(23(33)28-7)14-18-9-11-19(37-8)12-10-18/h9-12,16,20-22H,13-15H2,1-8H3,(H,28,33)(H,29,36)(H,30,34)(H,31,35)/t20-,21-,22+/m0/s1. The first-order chi connectivity index (χ1) is 18.1. The van der Waals surface area contributed by atoms with E-state index in [1.165, 1.54) is 14.0 Å². The van der Waals surface area contributed by atoms with Gasteiger partial charge in [-0.1, -0.05) is 37.7 Å². The van der Waals surface area contributed by atoms with Crippen LogP contribution in [-0.4, -0.2) is 72.6 Å². The van der Waals surface area contributed by atoms with Crippen LogP contribution in [0.15, 0.2) is 24.3 Å². The van der Waals surface area contributed by atoms with Crippen LogP contribution in [0.25, 0.3) is 0 Å². The van der Waals surface area contributed by atoms with E-state index in [1.807, 2.05) is 13.8 Å². The molecule has 0 unspecified atom stereocenters. The van der Waals surface area contributed by atoms with Gasteiger partial charge in [-0.15, -0.1) is 0 Å². The Morgan fingerprint density at radius 2 is 1.51 bits per heavy atom. The molecule has 1 aromatic rings. The van der Waals surface area contributed by atoms with Gasteiger partial charge < -0.3 is 30.7 Å². The number of benzene rings is 1. The lowest BCUT2D eigenvalue weighted by atomic mass is 10.0. The van der Waals surface area contributed by atoms with Crippen LogP contribution in [0.2, 0.25) is 0 Å². The average molecular weight is 567 g/mol. The van der Waals surface area contributed by atoms with Crippen LogP contribution in [0, 0.1) is 5.92 Å². The van der Waals surface area contributed by atoms with Gasteiger partial charge in [-0.25, -0.2) is 4.79 Å². The van der Waals surface area contributed by atoms with Crippen molar-refractivity contribution in [2.24, 2.45) is 5.92 Å². The minimum Gasteiger partial charge on any atom is -0.497 e. The Hall–Kier alpha value is -3.28. The maximum absolute atomic E-state index is 13.3. The fourth-order valence-electron chi connectivity index (χ4n) is 3.50. The number of methoxy groups -OCH3 is 1. The molecule has 0 fully saturated rings. The van der Waals surface area contributed by atoms with E-state index in [0.29, 0.717) is 5.75 Å². The zero-order chi connectivity index (χ0) is 29.8. The molecule has 4 amide bonds. The molecule has 0 aliphatic heterocycles. The van der Waals surface area contributed by atoms with Crippen LogP contribution in [-0.2, 0) is 30.3 Å². The van der Waals surface area contributed by atoms with Gasteiger partial charge in [0.2, 0.25) is 17.7 Å². The molecule has 12 heteroatoms. The summed E-state index contributed by atoms with van der Waals surface area (Å²) < 4.78 is 10.4. The van der Waals surface area contributed by atoms with Crippen molar-refractivity contribution in [3.63, 3.8) is 0 Å². The topological polar surface area (TPSA) is 152 Å². The van der Waals surface area contributed by atoms with Crippen LogP contribution in [0.3, 0.4) is 0 Å². The molecule has 0 aliphatic carbocycles. The molecule has 11 nitrogen and oxygen atoms in total. The molecule has 1 rings (SSSR count). The van der Waals surface area contributed by atoms with E-state index in [2.05, 4.69) is 21.3 Å². The number of carbonyl (C=O) groups excluding carboxylic acids is 5. The van der Waals surface area contributed by atoms with Gasteiger partial charge in [-0.3, -0.25) is 19.2 Å². The quantitative estimate of drug-likeness (QED) is 0.284. The van der Waals surface area contributed by atoms with Gasteiger partial charge in [0.1, 0.15) is 28.7 Å². The second kappa shape index (κ2) is 16.0. The van der Waals surface area contributed by atoms with Crippen molar-refractivity contribution in [3.05, 3.63) is 29.8 Å². The lowest BCUT2D eigenvalue weighted by Gasteiger charge is -2.26. The van der Waals surface area contributed by atoms with Crippen molar-refractivity contribution in [2.45, 2.75) is 77.3 Å². The molecule has 0 aliphatic rings. The van der Waals surface area contributed by atoms with Crippen molar-refractivity contribution < 1.29 is 33.4 Å². The van der Waals surface area contributed by atoms with E-state index in [9.17, 15) is 24.0 Å². The highest BCUT2D eigenvalue weighted by Crippen LogP contribution is 2.16. The number of carbonyl (C=O) groups is 5. The monoisotopic (exact) mass is 566 g/mol. The Labute approximate surface area is 234 Å². The van der Waals surface area contributed by atoms with E-state index in [-0.39, 0.29) is 36.3 Å². The SMILES string of the molecule is CNC(=O)[C@H](Cc1ccc(OC)cc1)NC(=O)[C@H](CC(C)C)NC(=O)[C@@H](CNC(=O)OC(C)(C)C)SC(C)=O. The summed E-state index contributed by atoms with van der Waals surface area (Å²) >= 11 is 0.740. The first-order valence-electron chi connectivity index (χ1n) is 12.7. The first kappa shape index (κ1) is 33.7. The molecule has 39 heavy (non-hydrogen) atoms. The van der Waals surface area contributed by atoms with Crippen LogP contribution in [0.1, 0.15) is 53.5 Å². The maximum atomic E-state index is 13.3. The number of ether oxygens (including phenoxy) is 2. The van der Waals surface area contributed by atoms with Crippen LogP contribution in [0.4, 0.5) is 4.79 Å². The van der Waals surface area contributed by atoms with Crippen LogP contribution in [0.5, 0.6) is 5.75 Å². The summed E-state index contributed by atoms with van der Waals surface area (Å²) in [6.45, 7) is 10.0. The highest BCUT2D eigenvalue weighted by Gasteiger charge is 2.31. The number of amides is 4. The summed E-state index contributed by atoms with van der Waals surface area (Å²) in [5.74, 6) is -0.831. The molecular formula is C27H42N4O7S. The van der Waals surface area contributed by atoms with Crippen LogP contribution >= 0.6 is 11.8 Å². The molecule has 1 aromatic carbocycles. The molecule has 0 heterocycles. The predicted octanol–water partition coefficient (Wildman–Crippen LogP) is 2.17. The number of thioether (sulfide) groups is 1. The van der Waals surface area contributed by atoms with Crippen LogP contribution < -0.4 is 26.0 Å². The second-order valence-corrected chi connectivity index (χ2v) is 11.8. The summed E-state index contributed by atoms with van der Waals surface area (Å²) in [5.41, 5.74) is 0.0728. The number of rotatable bonds is 13. The Bertz CT molecular complexity index is 993. The van der Waals surface area contributed by atoms with Crippen molar-refractivity contribution in [2.75, 3.05) is 20.7 Å².